The second-order valence-electron chi connectivity index (χ2n) is 2.13. The Bertz CT molecular complexity index is 347. The Labute approximate surface area is 95.5 Å². The van der Waals surface area contributed by atoms with Crippen LogP contribution < -0.4 is 0 Å². The largest absolute Gasteiger partial charge is 0.502 e. The SMILES string of the molecule is C#CCOS(=O)(=O)CC.COP([O])(=O)OC. The lowest BCUT2D eigenvalue weighted by Crippen LogP contribution is -2.07. The molecule has 95 valence electrons. The van der Waals surface area contributed by atoms with Gasteiger partial charge in [0.2, 0.25) is 0 Å². The van der Waals surface area contributed by atoms with Crippen LogP contribution in [0, 0.1) is 12.3 Å². The summed E-state index contributed by atoms with van der Waals surface area (Å²) in [4.78, 5) is 9.95. The highest BCUT2D eigenvalue weighted by atomic mass is 32.2. The molecule has 9 heteroatoms. The Morgan fingerprint density at radius 2 is 1.75 bits per heavy atom. The molecular formula is C7H14O7PS. The first-order chi connectivity index (χ1) is 7.24. The monoisotopic (exact) mass is 273 g/mol. The number of terminal acetylenes is 1. The van der Waals surface area contributed by atoms with Crippen molar-refractivity contribution in [2.45, 2.75) is 6.92 Å². The lowest BCUT2D eigenvalue weighted by atomic mass is 10.8. The normalized spacial score (nSPS) is 11.2. The first-order valence-corrected chi connectivity index (χ1v) is 7.01. The summed E-state index contributed by atoms with van der Waals surface area (Å²) in [6.45, 7) is 1.32. The smallest absolute Gasteiger partial charge is 0.289 e. The van der Waals surface area contributed by atoms with Gasteiger partial charge in [-0.2, -0.15) is 8.42 Å². The maximum absolute atomic E-state index is 10.4. The molecular weight excluding hydrogens is 259 g/mol. The summed E-state index contributed by atoms with van der Waals surface area (Å²) in [7, 11) is -5.15. The van der Waals surface area contributed by atoms with Gasteiger partial charge in [0.05, 0.1) is 5.75 Å². The summed E-state index contributed by atoms with van der Waals surface area (Å²) >= 11 is 0. The third-order valence-electron chi connectivity index (χ3n) is 1.12. The summed E-state index contributed by atoms with van der Waals surface area (Å²) in [5.41, 5.74) is 0. The Balaban J connectivity index is 0. The fourth-order valence-corrected chi connectivity index (χ4v) is 0.845. The molecule has 0 saturated carbocycles. The van der Waals surface area contributed by atoms with Gasteiger partial charge in [-0.05, 0) is 6.92 Å². The lowest BCUT2D eigenvalue weighted by Gasteiger charge is -1.98. The fraction of sp³-hybridized carbons (Fsp3) is 0.714. The van der Waals surface area contributed by atoms with Gasteiger partial charge in [-0.1, -0.05) is 5.92 Å². The number of hydrogen-bond donors (Lipinski definition) is 0. The Hall–Kier alpha value is -0.420. The van der Waals surface area contributed by atoms with Crippen LogP contribution in [0.1, 0.15) is 6.92 Å². The van der Waals surface area contributed by atoms with Gasteiger partial charge in [-0.25, -0.2) is 4.57 Å². The molecule has 1 radical (unpaired) electrons. The minimum absolute atomic E-state index is 0.0331. The van der Waals surface area contributed by atoms with Gasteiger partial charge in [0.25, 0.3) is 10.1 Å². The highest BCUT2D eigenvalue weighted by molar-refractivity contribution is 7.86. The van der Waals surface area contributed by atoms with Crippen molar-refractivity contribution >= 4 is 17.9 Å². The number of rotatable bonds is 5. The molecule has 0 N–H and O–H groups in total. The molecule has 16 heavy (non-hydrogen) atoms. The lowest BCUT2D eigenvalue weighted by molar-refractivity contribution is 0.176. The van der Waals surface area contributed by atoms with Gasteiger partial charge in [0, 0.05) is 14.2 Å². The molecule has 0 aliphatic carbocycles. The predicted molar refractivity (Wildman–Crippen MR) is 56.6 cm³/mol. The summed E-state index contributed by atoms with van der Waals surface area (Å²) in [6.07, 6.45) is 4.75. The summed E-state index contributed by atoms with van der Waals surface area (Å²) in [5, 5.41) is 0. The Morgan fingerprint density at radius 3 is 1.94 bits per heavy atom. The highest BCUT2D eigenvalue weighted by Gasteiger charge is 2.16. The van der Waals surface area contributed by atoms with Crippen molar-refractivity contribution in [3.63, 3.8) is 0 Å². The maximum Gasteiger partial charge on any atom is 0.502 e. The first-order valence-electron chi connectivity index (χ1n) is 3.97. The third kappa shape index (κ3) is 11.7. The van der Waals surface area contributed by atoms with Crippen LogP contribution in [0.3, 0.4) is 0 Å². The average molecular weight is 273 g/mol. The van der Waals surface area contributed by atoms with E-state index in [1.165, 1.54) is 6.92 Å². The van der Waals surface area contributed by atoms with Crippen LogP contribution in [-0.4, -0.2) is 35.0 Å². The quantitative estimate of drug-likeness (QED) is 0.417. The van der Waals surface area contributed by atoms with Crippen LogP contribution in [-0.2, 0) is 32.8 Å². The van der Waals surface area contributed by atoms with Crippen LogP contribution in [0.25, 0.3) is 0 Å². The van der Waals surface area contributed by atoms with Gasteiger partial charge in [0.15, 0.2) is 0 Å². The zero-order valence-corrected chi connectivity index (χ0v) is 10.9. The van der Waals surface area contributed by atoms with E-state index in [1.54, 1.807) is 0 Å². The van der Waals surface area contributed by atoms with E-state index in [9.17, 15) is 17.9 Å². The van der Waals surface area contributed by atoms with E-state index in [2.05, 4.69) is 19.2 Å². The molecule has 0 unspecified atom stereocenters. The van der Waals surface area contributed by atoms with Crippen molar-refractivity contribution in [3.05, 3.63) is 0 Å². The predicted octanol–water partition coefficient (Wildman–Crippen LogP) is 0.804. The van der Waals surface area contributed by atoms with Crippen molar-refractivity contribution < 1.29 is 31.1 Å². The highest BCUT2D eigenvalue weighted by Crippen LogP contribution is 2.41. The van der Waals surface area contributed by atoms with E-state index in [0.29, 0.717) is 0 Å². The Morgan fingerprint density at radius 1 is 1.31 bits per heavy atom. The molecule has 0 spiro atoms. The molecule has 0 aromatic heterocycles. The average Bonchev–Trinajstić information content (AvgIpc) is 2.27. The van der Waals surface area contributed by atoms with Crippen LogP contribution in [0.5, 0.6) is 0 Å². The molecule has 0 fully saturated rings. The van der Waals surface area contributed by atoms with E-state index in [4.69, 9.17) is 6.42 Å². The standard InChI is InChI=1S/C5H8O3S.C2H6O4P/c1-3-5-8-9(6,7)4-2;1-5-7(3,4)6-2/h1H,4-5H2,2H3;1-2H3. The van der Waals surface area contributed by atoms with Crippen LogP contribution in [0.2, 0.25) is 0 Å². The van der Waals surface area contributed by atoms with Gasteiger partial charge < -0.3 is 0 Å². The summed E-state index contributed by atoms with van der Waals surface area (Å²) in [5.74, 6) is 2.02. The van der Waals surface area contributed by atoms with Gasteiger partial charge >= 0.3 is 7.82 Å². The number of hydrogen-bond acceptors (Lipinski definition) is 6. The molecule has 0 saturated heterocycles. The first kappa shape index (κ1) is 18.0. The minimum Gasteiger partial charge on any atom is -0.289 e. The van der Waals surface area contributed by atoms with Gasteiger partial charge in [0.1, 0.15) is 6.61 Å². The third-order valence-corrected chi connectivity index (χ3v) is 3.20. The van der Waals surface area contributed by atoms with E-state index in [-0.39, 0.29) is 12.4 Å². The molecule has 0 aliphatic rings. The van der Waals surface area contributed by atoms with Gasteiger partial charge in [-0.3, -0.25) is 13.2 Å². The van der Waals surface area contributed by atoms with Crippen LogP contribution in [0.4, 0.5) is 0 Å². The second kappa shape index (κ2) is 8.70. The topological polar surface area (TPSA) is 98.8 Å². The van der Waals surface area contributed by atoms with Crippen molar-refractivity contribution in [2.24, 2.45) is 0 Å². The van der Waals surface area contributed by atoms with Crippen molar-refractivity contribution in [3.8, 4) is 12.3 Å². The van der Waals surface area contributed by atoms with Crippen molar-refractivity contribution in [1.82, 2.24) is 0 Å². The molecule has 0 rings (SSSR count). The molecule has 0 bridgehead atoms. The molecule has 0 aliphatic heterocycles. The molecule has 0 aromatic rings. The minimum atomic E-state index is -3.90. The van der Waals surface area contributed by atoms with Crippen LogP contribution >= 0.6 is 7.82 Å². The van der Waals surface area contributed by atoms with Gasteiger partial charge in [-0.15, -0.1) is 11.3 Å². The fourth-order valence-electron chi connectivity index (χ4n) is 0.282. The molecule has 0 heterocycles. The summed E-state index contributed by atoms with van der Waals surface area (Å²) < 4.78 is 42.8. The molecule has 7 nitrogen and oxygen atoms in total. The molecule has 0 aromatic carbocycles. The maximum atomic E-state index is 10.4. The zero-order chi connectivity index (χ0) is 13.2. The van der Waals surface area contributed by atoms with E-state index >= 15 is 0 Å². The second-order valence-corrected chi connectivity index (χ2v) is 5.68. The van der Waals surface area contributed by atoms with Crippen molar-refractivity contribution in [1.29, 1.82) is 0 Å². The zero-order valence-electron chi connectivity index (χ0n) is 9.20. The molecule has 0 atom stereocenters. The Kier molecular flexibility index (Phi) is 9.77. The van der Waals surface area contributed by atoms with E-state index in [1.807, 2.05) is 0 Å². The summed E-state index contributed by atoms with van der Waals surface area (Å²) in [6, 6.07) is 0. The molecule has 0 amide bonds. The van der Waals surface area contributed by atoms with Crippen molar-refractivity contribution in [2.75, 3.05) is 26.6 Å². The van der Waals surface area contributed by atoms with Crippen LogP contribution in [0.15, 0.2) is 0 Å². The van der Waals surface area contributed by atoms with E-state index < -0.39 is 17.9 Å². The van der Waals surface area contributed by atoms with E-state index in [0.717, 1.165) is 14.2 Å².